The fraction of sp³-hybridized carbons (Fsp3) is 0.449. The summed E-state index contributed by atoms with van der Waals surface area (Å²) in [4.78, 5) is 20.4. The van der Waals surface area contributed by atoms with Gasteiger partial charge in [0, 0.05) is 68.8 Å². The van der Waals surface area contributed by atoms with Crippen molar-refractivity contribution in [2.45, 2.75) is 104 Å². The predicted octanol–water partition coefficient (Wildman–Crippen LogP) is 11.2. The molecule has 4 aromatic carbocycles. The van der Waals surface area contributed by atoms with E-state index in [2.05, 4.69) is 71.8 Å². The molecule has 8 nitrogen and oxygen atoms in total. The van der Waals surface area contributed by atoms with E-state index < -0.39 is 6.17 Å². The Labute approximate surface area is 353 Å². The number of likely N-dealkylation sites (tertiary alicyclic amines) is 1. The molecule has 0 spiro atoms. The van der Waals surface area contributed by atoms with Crippen molar-refractivity contribution in [3.05, 3.63) is 117 Å². The first kappa shape index (κ1) is 42.2. The maximum absolute atomic E-state index is 13.6. The van der Waals surface area contributed by atoms with Crippen LogP contribution in [0.1, 0.15) is 98.3 Å². The maximum atomic E-state index is 13.6. The first-order valence-corrected chi connectivity index (χ1v) is 21.5. The minimum Gasteiger partial charge on any atom is -0.493 e. The van der Waals surface area contributed by atoms with Crippen molar-refractivity contribution in [2.75, 3.05) is 32.8 Å². The molecule has 0 N–H and O–H groups in total. The summed E-state index contributed by atoms with van der Waals surface area (Å²) in [5.41, 5.74) is 8.21. The highest BCUT2D eigenvalue weighted by molar-refractivity contribution is 6.32. The van der Waals surface area contributed by atoms with Gasteiger partial charge in [-0.1, -0.05) is 41.9 Å². The van der Waals surface area contributed by atoms with E-state index >= 15 is 0 Å². The van der Waals surface area contributed by atoms with Crippen molar-refractivity contribution in [1.82, 2.24) is 9.80 Å². The molecule has 2 fully saturated rings. The molecule has 0 aromatic heterocycles. The van der Waals surface area contributed by atoms with E-state index in [1.54, 1.807) is 18.2 Å². The molecule has 1 aliphatic heterocycles. The van der Waals surface area contributed by atoms with Crippen molar-refractivity contribution in [3.63, 3.8) is 0 Å². The highest BCUT2D eigenvalue weighted by Gasteiger charge is 2.30. The van der Waals surface area contributed by atoms with Crippen molar-refractivity contribution in [3.8, 4) is 34.4 Å². The summed E-state index contributed by atoms with van der Waals surface area (Å²) in [5.74, 6) is 2.68. The van der Waals surface area contributed by atoms with E-state index in [0.717, 1.165) is 85.4 Å². The Morgan fingerprint density at radius 3 is 2.53 bits per heavy atom. The molecular formula is C49H54ClFN4O4. The molecule has 1 saturated heterocycles. The van der Waals surface area contributed by atoms with Crippen LogP contribution in [0.25, 0.3) is 16.0 Å². The molecule has 1 saturated carbocycles. The summed E-state index contributed by atoms with van der Waals surface area (Å²) in [6.45, 7) is 18.7. The van der Waals surface area contributed by atoms with Crippen LogP contribution in [-0.2, 0) is 24.4 Å². The number of piperidine rings is 1. The maximum Gasteiger partial charge on any atom is 0.188 e. The van der Waals surface area contributed by atoms with Crippen LogP contribution in [0, 0.1) is 30.7 Å². The second-order valence-corrected chi connectivity index (χ2v) is 17.0. The molecule has 308 valence electrons. The van der Waals surface area contributed by atoms with Crippen LogP contribution in [0.3, 0.4) is 0 Å². The minimum atomic E-state index is -0.660. The molecule has 59 heavy (non-hydrogen) atoms. The third kappa shape index (κ3) is 10.5. The number of nitriles is 1. The van der Waals surface area contributed by atoms with Crippen LogP contribution in [-0.4, -0.2) is 60.6 Å². The Hall–Kier alpha value is -4.93. The first-order valence-electron chi connectivity index (χ1n) is 21.1. The van der Waals surface area contributed by atoms with Gasteiger partial charge in [0.1, 0.15) is 41.9 Å². The predicted molar refractivity (Wildman–Crippen MR) is 230 cm³/mol. The van der Waals surface area contributed by atoms with Crippen molar-refractivity contribution >= 4 is 23.1 Å². The number of rotatable bonds is 16. The van der Waals surface area contributed by atoms with Crippen molar-refractivity contribution < 1.29 is 23.4 Å². The van der Waals surface area contributed by atoms with Crippen LogP contribution in [0.2, 0.25) is 5.02 Å². The van der Waals surface area contributed by atoms with Gasteiger partial charge in [0.25, 0.3) is 0 Å². The molecule has 0 unspecified atom stereocenters. The van der Waals surface area contributed by atoms with Crippen LogP contribution >= 0.6 is 11.6 Å². The van der Waals surface area contributed by atoms with Gasteiger partial charge >= 0.3 is 0 Å². The van der Waals surface area contributed by atoms with E-state index in [1.165, 1.54) is 11.1 Å². The highest BCUT2D eigenvalue weighted by Crippen LogP contribution is 2.44. The number of Topliss-reactive ketones (excluding diaryl/α,β-unsaturated/α-hetero) is 1. The zero-order valence-corrected chi connectivity index (χ0v) is 35.2. The molecule has 10 heteroatoms. The lowest BCUT2D eigenvalue weighted by molar-refractivity contribution is -0.117. The Morgan fingerprint density at radius 1 is 0.983 bits per heavy atom. The Morgan fingerprint density at radius 2 is 1.78 bits per heavy atom. The SMILES string of the molecule is [C-]#[N+]c1cc(C#N)cc(COc2cc(O[C@H]3CCc4c(-c5cccc(OCCCN6CCC(F)CC6)c5C)cccc43)c(Cl)cc2CN(C[C@H]2CCC(=O)C2)C(C)C)c1. The topological polar surface area (TPSA) is 79.4 Å². The van der Waals surface area contributed by atoms with Gasteiger partial charge in [-0.25, -0.2) is 9.24 Å². The van der Waals surface area contributed by atoms with Gasteiger partial charge in [0.2, 0.25) is 0 Å². The zero-order valence-electron chi connectivity index (χ0n) is 34.4. The number of fused-ring (bicyclic) bond motifs is 1. The van der Waals surface area contributed by atoms with E-state index in [-0.39, 0.29) is 18.8 Å². The quantitative estimate of drug-likeness (QED) is 0.0823. The van der Waals surface area contributed by atoms with Gasteiger partial charge in [-0.15, -0.1) is 0 Å². The third-order valence-corrected chi connectivity index (χ3v) is 12.4. The van der Waals surface area contributed by atoms with Gasteiger partial charge in [-0.05, 0) is 129 Å². The Kier molecular flexibility index (Phi) is 13.9. The van der Waals surface area contributed by atoms with Gasteiger partial charge in [-0.3, -0.25) is 9.69 Å². The highest BCUT2D eigenvalue weighted by atomic mass is 35.5. The molecule has 0 amide bonds. The van der Waals surface area contributed by atoms with Crippen LogP contribution < -0.4 is 14.2 Å². The van der Waals surface area contributed by atoms with Crippen molar-refractivity contribution in [1.29, 1.82) is 5.26 Å². The second-order valence-electron chi connectivity index (χ2n) is 16.6. The largest absolute Gasteiger partial charge is 0.493 e. The number of alkyl halides is 1. The average Bonchev–Trinajstić information content (AvgIpc) is 3.85. The average molecular weight is 817 g/mol. The number of hydrogen-bond acceptors (Lipinski definition) is 7. The molecule has 2 aliphatic carbocycles. The fourth-order valence-electron chi connectivity index (χ4n) is 8.83. The van der Waals surface area contributed by atoms with E-state index in [4.69, 9.17) is 32.4 Å². The Bertz CT molecular complexity index is 2190. The lowest BCUT2D eigenvalue weighted by atomic mass is 9.93. The number of carbonyl (C=O) groups excluding carboxylic acids is 1. The van der Waals surface area contributed by atoms with Gasteiger partial charge in [-0.2, -0.15) is 5.26 Å². The van der Waals surface area contributed by atoms with E-state index in [0.29, 0.717) is 78.3 Å². The van der Waals surface area contributed by atoms with E-state index in [9.17, 15) is 14.4 Å². The molecule has 1 heterocycles. The van der Waals surface area contributed by atoms with Gasteiger partial charge in [0.05, 0.1) is 24.3 Å². The molecule has 2 atom stereocenters. The van der Waals surface area contributed by atoms with Crippen molar-refractivity contribution in [2.24, 2.45) is 5.92 Å². The van der Waals surface area contributed by atoms with Gasteiger partial charge in [0.15, 0.2) is 5.69 Å². The number of halogens is 2. The lowest BCUT2D eigenvalue weighted by Crippen LogP contribution is -2.35. The second kappa shape index (κ2) is 19.4. The monoisotopic (exact) mass is 816 g/mol. The third-order valence-electron chi connectivity index (χ3n) is 12.1. The summed E-state index contributed by atoms with van der Waals surface area (Å²) >= 11 is 7.08. The zero-order chi connectivity index (χ0) is 41.5. The summed E-state index contributed by atoms with van der Waals surface area (Å²) in [5, 5.41) is 10.1. The number of nitrogens with zero attached hydrogens (tertiary/aromatic N) is 4. The standard InChI is InChI=1S/C49H54ClFN4O4/c1-32(2)55(29-34-12-13-40(56)25-34)30-37-26-45(50)49(27-48(37)58-31-36-22-35(28-52)23-39(24-36)53-4)59-47-15-14-43-42(9-5-10-44(43)47)41-8-6-11-46(33(41)3)57-21-7-18-54-19-16-38(51)17-20-54/h5-6,8-11,22-24,26-27,32,34,38,47H,7,12-21,25,29-31H2,1-3H3/t34-,47-/m0/s1. The smallest absolute Gasteiger partial charge is 0.188 e. The molecule has 0 bridgehead atoms. The number of hydrogen-bond donors (Lipinski definition) is 0. The van der Waals surface area contributed by atoms with E-state index in [1.807, 2.05) is 18.2 Å². The number of ether oxygens (including phenoxy) is 3. The molecule has 0 radical (unpaired) electrons. The molecule has 3 aliphatic rings. The number of benzene rings is 4. The Balaban J connectivity index is 1.10. The van der Waals surface area contributed by atoms with Crippen LogP contribution in [0.5, 0.6) is 17.2 Å². The number of carbonyl (C=O) groups is 1. The summed E-state index contributed by atoms with van der Waals surface area (Å²) in [6.07, 6.45) is 5.07. The molecule has 4 aromatic rings. The van der Waals surface area contributed by atoms with Crippen LogP contribution in [0.4, 0.5) is 10.1 Å². The first-order chi connectivity index (χ1) is 28.6. The molecule has 7 rings (SSSR count). The summed E-state index contributed by atoms with van der Waals surface area (Å²) < 4.78 is 33.2. The minimum absolute atomic E-state index is 0.155. The normalized spacial score (nSPS) is 18.2. The van der Waals surface area contributed by atoms with Crippen LogP contribution in [0.15, 0.2) is 66.7 Å². The number of ketones is 1. The summed E-state index contributed by atoms with van der Waals surface area (Å²) in [6, 6.07) is 23.9. The summed E-state index contributed by atoms with van der Waals surface area (Å²) in [7, 11) is 0. The lowest BCUT2D eigenvalue weighted by Gasteiger charge is -2.30. The fourth-order valence-corrected chi connectivity index (χ4v) is 9.06. The molecular weight excluding hydrogens is 763 g/mol. The van der Waals surface area contributed by atoms with Gasteiger partial charge < -0.3 is 19.1 Å².